The number of imide groups is 1. The van der Waals surface area contributed by atoms with Crippen molar-refractivity contribution in [3.63, 3.8) is 0 Å². The van der Waals surface area contributed by atoms with Crippen LogP contribution in [-0.2, 0) is 27.3 Å². The summed E-state index contributed by atoms with van der Waals surface area (Å²) < 4.78 is 0. The number of benzene rings is 2. The van der Waals surface area contributed by atoms with E-state index in [0.717, 1.165) is 29.7 Å². The molecule has 1 aliphatic rings. The van der Waals surface area contributed by atoms with E-state index in [-0.39, 0.29) is 30.5 Å². The van der Waals surface area contributed by atoms with Gasteiger partial charge in [-0.15, -0.1) is 0 Å². The number of nitriles is 1. The van der Waals surface area contributed by atoms with E-state index >= 15 is 0 Å². The zero-order valence-corrected chi connectivity index (χ0v) is 21.7. The molecule has 0 N–H and O–H groups in total. The minimum atomic E-state index is -0.906. The second-order valence-electron chi connectivity index (χ2n) is 8.94. The van der Waals surface area contributed by atoms with Crippen LogP contribution in [0, 0.1) is 18.3 Å². The van der Waals surface area contributed by atoms with Crippen molar-refractivity contribution in [1.82, 2.24) is 9.88 Å². The largest absolute Gasteiger partial charge is 0.325 e. The van der Waals surface area contributed by atoms with Crippen LogP contribution in [-0.4, -0.2) is 39.4 Å². The first-order valence-electron chi connectivity index (χ1n) is 12.2. The van der Waals surface area contributed by atoms with Gasteiger partial charge in [0.25, 0.3) is 5.91 Å². The molecular weight excluding hydrogens is 484 g/mol. The van der Waals surface area contributed by atoms with Gasteiger partial charge in [-0.05, 0) is 43.2 Å². The normalized spacial score (nSPS) is 15.1. The monoisotopic (exact) mass is 512 g/mol. The predicted molar refractivity (Wildman–Crippen MR) is 143 cm³/mol. The number of nitrogens with zero attached hydrogens (tertiary/aromatic N) is 4. The zero-order chi connectivity index (χ0) is 26.4. The van der Waals surface area contributed by atoms with Crippen LogP contribution < -0.4 is 4.90 Å². The van der Waals surface area contributed by atoms with E-state index in [9.17, 15) is 19.6 Å². The third kappa shape index (κ3) is 6.07. The average Bonchev–Trinajstić information content (AvgIpc) is 3.20. The Bertz CT molecular complexity index is 1340. The minimum Gasteiger partial charge on any atom is -0.325 e. The summed E-state index contributed by atoms with van der Waals surface area (Å²) in [6, 6.07) is 21.4. The lowest BCUT2D eigenvalue weighted by Crippen LogP contribution is -2.45. The van der Waals surface area contributed by atoms with Gasteiger partial charge in [0.15, 0.2) is 0 Å². The van der Waals surface area contributed by atoms with Gasteiger partial charge in [-0.1, -0.05) is 73.1 Å². The number of anilines is 1. The first kappa shape index (κ1) is 26.1. The highest BCUT2D eigenvalue weighted by atomic mass is 32.2. The number of thioether (sulfide) groups is 1. The lowest BCUT2D eigenvalue weighted by molar-refractivity contribution is -0.136. The zero-order valence-electron chi connectivity index (χ0n) is 20.9. The Labute approximate surface area is 221 Å². The molecule has 0 aliphatic carbocycles. The van der Waals surface area contributed by atoms with Gasteiger partial charge in [0.1, 0.15) is 17.1 Å². The number of hydrogen-bond acceptors (Lipinski definition) is 6. The van der Waals surface area contributed by atoms with E-state index < -0.39 is 11.9 Å². The van der Waals surface area contributed by atoms with E-state index in [1.807, 2.05) is 55.5 Å². The van der Waals surface area contributed by atoms with Crippen LogP contribution in [0.25, 0.3) is 0 Å². The van der Waals surface area contributed by atoms with Gasteiger partial charge < -0.3 is 4.90 Å². The molecule has 1 fully saturated rings. The van der Waals surface area contributed by atoms with Crippen molar-refractivity contribution in [3.8, 4) is 6.07 Å². The van der Waals surface area contributed by atoms with Crippen molar-refractivity contribution < 1.29 is 14.4 Å². The molecule has 37 heavy (non-hydrogen) atoms. The molecule has 7 nitrogen and oxygen atoms in total. The van der Waals surface area contributed by atoms with Crippen LogP contribution in [0.1, 0.15) is 42.1 Å². The quantitative estimate of drug-likeness (QED) is 0.306. The molecule has 1 saturated heterocycles. The molecule has 1 aromatic heterocycles. The van der Waals surface area contributed by atoms with E-state index in [4.69, 9.17) is 0 Å². The predicted octanol–water partition coefficient (Wildman–Crippen LogP) is 4.67. The van der Waals surface area contributed by atoms with Crippen LogP contribution in [0.3, 0.4) is 0 Å². The summed E-state index contributed by atoms with van der Waals surface area (Å²) in [5.74, 6) is -1.05. The maximum Gasteiger partial charge on any atom is 0.257 e. The van der Waals surface area contributed by atoms with Crippen LogP contribution in [0.15, 0.2) is 71.8 Å². The van der Waals surface area contributed by atoms with Crippen molar-refractivity contribution in [2.75, 3.05) is 10.7 Å². The molecule has 2 heterocycles. The molecule has 1 aliphatic heterocycles. The molecule has 4 rings (SSSR count). The summed E-state index contributed by atoms with van der Waals surface area (Å²) in [4.78, 5) is 47.2. The number of hydrogen-bond donors (Lipinski definition) is 0. The molecule has 0 radical (unpaired) electrons. The first-order chi connectivity index (χ1) is 17.9. The number of aryl methyl sites for hydroxylation is 2. The number of carbonyl (C=O) groups is 3. The second-order valence-corrected chi connectivity index (χ2v) is 9.90. The fourth-order valence-corrected chi connectivity index (χ4v) is 5.14. The Morgan fingerprint density at radius 2 is 1.84 bits per heavy atom. The fraction of sp³-hybridized carbons (Fsp3) is 0.276. The van der Waals surface area contributed by atoms with Gasteiger partial charge in [0, 0.05) is 12.2 Å². The highest BCUT2D eigenvalue weighted by Gasteiger charge is 2.44. The topological polar surface area (TPSA) is 94.4 Å². The Morgan fingerprint density at radius 3 is 2.51 bits per heavy atom. The third-order valence-corrected chi connectivity index (χ3v) is 7.16. The van der Waals surface area contributed by atoms with Gasteiger partial charge in [0.05, 0.1) is 23.4 Å². The number of carbonyl (C=O) groups excluding carboxylic acids is 3. The van der Waals surface area contributed by atoms with Crippen LogP contribution in [0.4, 0.5) is 5.69 Å². The van der Waals surface area contributed by atoms with E-state index in [2.05, 4.69) is 18.0 Å². The van der Waals surface area contributed by atoms with Gasteiger partial charge in [-0.2, -0.15) is 5.26 Å². The summed E-state index contributed by atoms with van der Waals surface area (Å²) in [5, 5.41) is 10.0. The summed E-state index contributed by atoms with van der Waals surface area (Å²) in [7, 11) is 0. The third-order valence-electron chi connectivity index (χ3n) is 6.18. The fourth-order valence-electron chi connectivity index (χ4n) is 4.26. The lowest BCUT2D eigenvalue weighted by atomic mass is 10.1. The van der Waals surface area contributed by atoms with Crippen molar-refractivity contribution in [3.05, 3.63) is 89.1 Å². The van der Waals surface area contributed by atoms with E-state index in [0.29, 0.717) is 16.3 Å². The van der Waals surface area contributed by atoms with Gasteiger partial charge >= 0.3 is 0 Å². The molecule has 3 aromatic rings. The molecular formula is C29H28N4O3S. The average molecular weight is 513 g/mol. The second kappa shape index (κ2) is 11.8. The van der Waals surface area contributed by atoms with Crippen molar-refractivity contribution >= 4 is 35.2 Å². The molecule has 0 spiro atoms. The Kier molecular flexibility index (Phi) is 8.36. The van der Waals surface area contributed by atoms with Gasteiger partial charge in [0.2, 0.25) is 11.8 Å². The number of rotatable bonds is 9. The van der Waals surface area contributed by atoms with Gasteiger partial charge in [-0.25, -0.2) is 9.88 Å². The van der Waals surface area contributed by atoms with Crippen LogP contribution in [0.2, 0.25) is 0 Å². The van der Waals surface area contributed by atoms with Crippen molar-refractivity contribution in [2.45, 2.75) is 50.7 Å². The molecule has 1 unspecified atom stereocenters. The summed E-state index contributed by atoms with van der Waals surface area (Å²) in [6.07, 6.45) is 1.62. The first-order valence-corrected chi connectivity index (χ1v) is 13.2. The molecule has 0 saturated carbocycles. The SMILES string of the molecule is CCCc1ccc(C#N)c(SCC(=O)N(Cc2ccccc2)C2CC(=O)N(c3ccc(C)cc3)C2=O)n1. The molecule has 0 bridgehead atoms. The van der Waals surface area contributed by atoms with Crippen molar-refractivity contribution in [2.24, 2.45) is 0 Å². The highest BCUT2D eigenvalue weighted by Crippen LogP contribution is 2.29. The summed E-state index contributed by atoms with van der Waals surface area (Å²) >= 11 is 1.18. The van der Waals surface area contributed by atoms with Crippen LogP contribution >= 0.6 is 11.8 Å². The Hall–Kier alpha value is -3.96. The minimum absolute atomic E-state index is 0.00735. The number of pyridine rings is 1. The molecule has 2 aromatic carbocycles. The molecule has 3 amide bonds. The molecule has 8 heteroatoms. The summed E-state index contributed by atoms with van der Waals surface area (Å²) in [6.45, 7) is 4.18. The lowest BCUT2D eigenvalue weighted by Gasteiger charge is -2.28. The standard InChI is InChI=1S/C29H28N4O3S/c1-3-7-23-13-12-22(17-30)28(31-23)37-19-27(35)32(18-21-8-5-4-6-9-21)25-16-26(34)33(29(25)36)24-14-10-20(2)11-15-24/h4-6,8-15,25H,3,7,16,18-19H2,1-2H3. The van der Waals surface area contributed by atoms with E-state index in [1.54, 1.807) is 18.2 Å². The maximum absolute atomic E-state index is 13.6. The molecule has 188 valence electrons. The Morgan fingerprint density at radius 1 is 1.11 bits per heavy atom. The van der Waals surface area contributed by atoms with Crippen LogP contribution in [0.5, 0.6) is 0 Å². The molecule has 1 atom stereocenters. The number of aromatic nitrogens is 1. The maximum atomic E-state index is 13.6. The summed E-state index contributed by atoms with van der Waals surface area (Å²) in [5.41, 5.74) is 3.65. The highest BCUT2D eigenvalue weighted by molar-refractivity contribution is 8.00. The van der Waals surface area contributed by atoms with Crippen molar-refractivity contribution in [1.29, 1.82) is 5.26 Å². The van der Waals surface area contributed by atoms with E-state index in [1.165, 1.54) is 21.6 Å². The van der Waals surface area contributed by atoms with Gasteiger partial charge in [-0.3, -0.25) is 14.4 Å². The Balaban J connectivity index is 1.58. The smallest absolute Gasteiger partial charge is 0.257 e. The number of amides is 3.